The molecule has 3 nitrogen and oxygen atoms in total. The van der Waals surface area contributed by atoms with Gasteiger partial charge in [-0.05, 0) is 29.3 Å². The average molecular weight is 341 g/mol. The maximum atomic E-state index is 13.5. The van der Waals surface area contributed by atoms with Crippen LogP contribution in [0.3, 0.4) is 0 Å². The highest BCUT2D eigenvalue weighted by Gasteiger charge is 2.16. The number of ether oxygens (including phenoxy) is 1. The van der Waals surface area contributed by atoms with Gasteiger partial charge in [-0.25, -0.2) is 9.37 Å². The van der Waals surface area contributed by atoms with Gasteiger partial charge in [0.2, 0.25) is 0 Å². The molecule has 1 atom stereocenters. The number of benzene rings is 2. The highest BCUT2D eigenvalue weighted by molar-refractivity contribution is 7.09. The lowest BCUT2D eigenvalue weighted by Crippen LogP contribution is -2.00. The zero-order valence-electron chi connectivity index (χ0n) is 13.0. The first-order valence-electron chi connectivity index (χ1n) is 7.37. The van der Waals surface area contributed by atoms with Crippen LogP contribution in [0.2, 0.25) is 0 Å². The van der Waals surface area contributed by atoms with Crippen molar-refractivity contribution < 1.29 is 14.2 Å². The molecule has 0 fully saturated rings. The van der Waals surface area contributed by atoms with Crippen molar-refractivity contribution >= 4 is 23.5 Å². The van der Waals surface area contributed by atoms with E-state index in [-0.39, 0.29) is 5.75 Å². The van der Waals surface area contributed by atoms with E-state index < -0.39 is 11.9 Å². The largest absolute Gasteiger partial charge is 0.494 e. The van der Waals surface area contributed by atoms with E-state index in [9.17, 15) is 9.50 Å². The molecule has 0 spiro atoms. The molecule has 0 amide bonds. The first-order valence-corrected chi connectivity index (χ1v) is 8.25. The van der Waals surface area contributed by atoms with Gasteiger partial charge in [-0.2, -0.15) is 0 Å². The molecule has 3 aromatic rings. The molecule has 1 heterocycles. The first-order chi connectivity index (χ1) is 11.7. The molecule has 0 saturated heterocycles. The molecule has 0 aliphatic heterocycles. The van der Waals surface area contributed by atoms with Gasteiger partial charge < -0.3 is 9.84 Å². The highest BCUT2D eigenvalue weighted by Crippen LogP contribution is 2.29. The molecule has 122 valence electrons. The molecule has 1 aromatic heterocycles. The Labute approximate surface area is 143 Å². The van der Waals surface area contributed by atoms with E-state index in [4.69, 9.17) is 4.74 Å². The molecule has 5 heteroatoms. The van der Waals surface area contributed by atoms with Gasteiger partial charge in [-0.3, -0.25) is 0 Å². The Balaban J connectivity index is 1.78. The smallest absolute Gasteiger partial charge is 0.165 e. The number of methoxy groups -OCH3 is 1. The number of thiazole rings is 1. The maximum Gasteiger partial charge on any atom is 0.165 e. The summed E-state index contributed by atoms with van der Waals surface area (Å²) in [6.45, 7) is 0. The van der Waals surface area contributed by atoms with Crippen LogP contribution in [0.25, 0.3) is 12.2 Å². The molecule has 0 bridgehead atoms. The van der Waals surface area contributed by atoms with Crippen LogP contribution < -0.4 is 4.74 Å². The van der Waals surface area contributed by atoms with E-state index in [1.807, 2.05) is 47.9 Å². The van der Waals surface area contributed by atoms with Crippen LogP contribution in [-0.2, 0) is 0 Å². The molecule has 0 aliphatic carbocycles. The number of rotatable bonds is 5. The third kappa shape index (κ3) is 3.69. The number of aliphatic hydroxyl groups is 1. The van der Waals surface area contributed by atoms with E-state index >= 15 is 0 Å². The molecule has 0 radical (unpaired) electrons. The van der Waals surface area contributed by atoms with Crippen LogP contribution in [0.1, 0.15) is 27.9 Å². The van der Waals surface area contributed by atoms with Crippen molar-refractivity contribution in [1.82, 2.24) is 4.98 Å². The van der Waals surface area contributed by atoms with Crippen molar-refractivity contribution in [3.8, 4) is 5.75 Å². The Morgan fingerprint density at radius 3 is 2.71 bits per heavy atom. The second-order valence-corrected chi connectivity index (χ2v) is 6.04. The van der Waals surface area contributed by atoms with Gasteiger partial charge in [-0.15, -0.1) is 11.3 Å². The van der Waals surface area contributed by atoms with Crippen LogP contribution in [-0.4, -0.2) is 17.2 Å². The standard InChI is InChI=1S/C19H16FNO2S/c1-23-17-11-14(8-10-16(17)20)18(22)19-21-15(12-24-19)9-7-13-5-3-2-4-6-13/h2-12,18,22H,1H3/b9-7+. The van der Waals surface area contributed by atoms with Gasteiger partial charge in [0.05, 0.1) is 12.8 Å². The number of aliphatic hydroxyl groups excluding tert-OH is 1. The molecule has 0 aliphatic rings. The van der Waals surface area contributed by atoms with Crippen LogP contribution in [0.15, 0.2) is 53.9 Å². The third-order valence-electron chi connectivity index (χ3n) is 3.51. The summed E-state index contributed by atoms with van der Waals surface area (Å²) in [5.41, 5.74) is 2.39. The van der Waals surface area contributed by atoms with E-state index in [2.05, 4.69) is 4.98 Å². The van der Waals surface area contributed by atoms with Crippen molar-refractivity contribution in [3.63, 3.8) is 0 Å². The van der Waals surface area contributed by atoms with Crippen molar-refractivity contribution in [2.24, 2.45) is 0 Å². The van der Waals surface area contributed by atoms with Crippen molar-refractivity contribution in [2.45, 2.75) is 6.10 Å². The van der Waals surface area contributed by atoms with E-state index in [1.54, 1.807) is 0 Å². The fourth-order valence-corrected chi connectivity index (χ4v) is 3.03. The number of hydrogen-bond acceptors (Lipinski definition) is 4. The number of hydrogen-bond donors (Lipinski definition) is 1. The zero-order valence-corrected chi connectivity index (χ0v) is 13.8. The fraction of sp³-hybridized carbons (Fsp3) is 0.105. The molecule has 24 heavy (non-hydrogen) atoms. The maximum absolute atomic E-state index is 13.5. The summed E-state index contributed by atoms with van der Waals surface area (Å²) in [4.78, 5) is 4.43. The Morgan fingerprint density at radius 1 is 1.17 bits per heavy atom. The number of halogens is 1. The zero-order chi connectivity index (χ0) is 16.9. The Morgan fingerprint density at radius 2 is 1.96 bits per heavy atom. The minimum absolute atomic E-state index is 0.104. The molecule has 3 rings (SSSR count). The van der Waals surface area contributed by atoms with Crippen molar-refractivity contribution in [2.75, 3.05) is 7.11 Å². The topological polar surface area (TPSA) is 42.4 Å². The summed E-state index contributed by atoms with van der Waals surface area (Å²) < 4.78 is 18.4. The monoisotopic (exact) mass is 341 g/mol. The lowest BCUT2D eigenvalue weighted by Gasteiger charge is -2.10. The second-order valence-electron chi connectivity index (χ2n) is 5.15. The van der Waals surface area contributed by atoms with E-state index in [0.717, 1.165) is 11.3 Å². The average Bonchev–Trinajstić information content (AvgIpc) is 3.10. The summed E-state index contributed by atoms with van der Waals surface area (Å²) in [6, 6.07) is 14.2. The third-order valence-corrected chi connectivity index (χ3v) is 4.43. The van der Waals surface area contributed by atoms with Gasteiger partial charge in [0.25, 0.3) is 0 Å². The van der Waals surface area contributed by atoms with Gasteiger partial charge in [-0.1, -0.05) is 42.5 Å². The number of aromatic nitrogens is 1. The van der Waals surface area contributed by atoms with Crippen LogP contribution in [0.4, 0.5) is 4.39 Å². The first kappa shape index (κ1) is 16.4. The normalized spacial score (nSPS) is 12.5. The predicted octanol–water partition coefficient (Wildman–Crippen LogP) is 4.54. The van der Waals surface area contributed by atoms with Gasteiger partial charge in [0.15, 0.2) is 11.6 Å². The summed E-state index contributed by atoms with van der Waals surface area (Å²) >= 11 is 1.36. The van der Waals surface area contributed by atoms with Crippen LogP contribution >= 0.6 is 11.3 Å². The lowest BCUT2D eigenvalue weighted by atomic mass is 10.1. The molecule has 1 N–H and O–H groups in total. The van der Waals surface area contributed by atoms with Gasteiger partial charge >= 0.3 is 0 Å². The minimum Gasteiger partial charge on any atom is -0.494 e. The second kappa shape index (κ2) is 7.38. The van der Waals surface area contributed by atoms with Crippen molar-refractivity contribution in [1.29, 1.82) is 0 Å². The molecule has 0 saturated carbocycles. The van der Waals surface area contributed by atoms with Gasteiger partial charge in [0, 0.05) is 5.38 Å². The Hall–Kier alpha value is -2.50. The minimum atomic E-state index is -0.914. The molecule has 1 unspecified atom stereocenters. The van der Waals surface area contributed by atoms with E-state index in [1.165, 1.54) is 36.6 Å². The molecular formula is C19H16FNO2S. The summed E-state index contributed by atoms with van der Waals surface area (Å²) in [5.74, 6) is -0.355. The van der Waals surface area contributed by atoms with Crippen molar-refractivity contribution in [3.05, 3.63) is 81.6 Å². The van der Waals surface area contributed by atoms with Crippen LogP contribution in [0, 0.1) is 5.82 Å². The molecular weight excluding hydrogens is 325 g/mol. The SMILES string of the molecule is COc1cc(C(O)c2nc(/C=C/c3ccccc3)cs2)ccc1F. The summed E-state index contributed by atoms with van der Waals surface area (Å²) in [7, 11) is 1.39. The Bertz CT molecular complexity index is 846. The predicted molar refractivity (Wildman–Crippen MR) is 94.5 cm³/mol. The Kier molecular flexibility index (Phi) is 5.03. The quantitative estimate of drug-likeness (QED) is 0.741. The fourth-order valence-electron chi connectivity index (χ4n) is 2.24. The summed E-state index contributed by atoms with van der Waals surface area (Å²) in [5, 5.41) is 12.9. The van der Waals surface area contributed by atoms with E-state index in [0.29, 0.717) is 10.6 Å². The van der Waals surface area contributed by atoms with Gasteiger partial charge in [0.1, 0.15) is 11.1 Å². The number of nitrogens with zero attached hydrogens (tertiary/aromatic N) is 1. The summed E-state index contributed by atoms with van der Waals surface area (Å²) in [6.07, 6.45) is 2.95. The highest BCUT2D eigenvalue weighted by atomic mass is 32.1. The lowest BCUT2D eigenvalue weighted by molar-refractivity contribution is 0.219. The molecule has 2 aromatic carbocycles. The van der Waals surface area contributed by atoms with Crippen LogP contribution in [0.5, 0.6) is 5.75 Å².